The molecule has 3 aromatic carbocycles. The first-order valence-electron chi connectivity index (χ1n) is 12.5. The average molecular weight is 570 g/mol. The molecule has 0 aliphatic carbocycles. The number of hydrogen-bond acceptors (Lipinski definition) is 5. The van der Waals surface area contributed by atoms with E-state index < -0.39 is 18.5 Å². The first-order valence-corrected chi connectivity index (χ1v) is 12.5. The van der Waals surface area contributed by atoms with Crippen molar-refractivity contribution in [3.05, 3.63) is 95.1 Å². The third-order valence-corrected chi connectivity index (χ3v) is 6.58. The second-order valence-electron chi connectivity index (χ2n) is 9.43. The second-order valence-corrected chi connectivity index (χ2v) is 9.43. The molecular weight excluding hydrogens is 545 g/mol. The Balaban J connectivity index is 1.71. The molecule has 0 unspecified atom stereocenters. The summed E-state index contributed by atoms with van der Waals surface area (Å²) in [6.07, 6.45) is -4.64. The van der Waals surface area contributed by atoms with E-state index in [1.165, 1.54) is 23.7 Å². The molecule has 0 saturated carbocycles. The molecule has 0 amide bonds. The number of aliphatic hydroxyl groups is 1. The van der Waals surface area contributed by atoms with Gasteiger partial charge in [0.1, 0.15) is 11.4 Å². The first kappa shape index (κ1) is 28.0. The maximum absolute atomic E-state index is 13.5. The van der Waals surface area contributed by atoms with E-state index in [-0.39, 0.29) is 29.7 Å². The SMILES string of the molecule is Cc1nc(-c2ccc(OC(F)F)cc2)c(-c2cc(-c3ccc(CO)c(C)c3)ccc2-n2nc(C(F)(F)F)cc2C)o1. The number of aryl methyl sites for hydroxylation is 3. The van der Waals surface area contributed by atoms with Crippen molar-refractivity contribution in [3.8, 4) is 45.1 Å². The van der Waals surface area contributed by atoms with E-state index in [4.69, 9.17) is 4.42 Å². The summed E-state index contributed by atoms with van der Waals surface area (Å²) in [5.74, 6) is 0.506. The molecular formula is C30H24F5N3O3. The summed E-state index contributed by atoms with van der Waals surface area (Å²) in [5, 5.41) is 13.4. The van der Waals surface area contributed by atoms with Crippen LogP contribution in [0.2, 0.25) is 0 Å². The molecule has 6 nitrogen and oxygen atoms in total. The standard InChI is InChI=1S/C30H24F5N3O3/c1-16-12-20(4-5-22(16)15-39)21-8-11-25(38-17(2)13-26(37-38)30(33,34)35)24(14-21)28-27(36-18(3)40-28)19-6-9-23(10-7-19)41-29(31)32/h4-14,29,39H,15H2,1-3H3. The molecule has 0 aliphatic rings. The summed E-state index contributed by atoms with van der Waals surface area (Å²) in [7, 11) is 0. The number of aromatic nitrogens is 3. The molecule has 11 heteroatoms. The third-order valence-electron chi connectivity index (χ3n) is 6.58. The Hall–Kier alpha value is -4.51. The number of alkyl halides is 5. The third kappa shape index (κ3) is 5.71. The lowest BCUT2D eigenvalue weighted by Crippen LogP contribution is -2.08. The number of benzene rings is 3. The van der Waals surface area contributed by atoms with Crippen LogP contribution in [0.15, 0.2) is 71.1 Å². The summed E-state index contributed by atoms with van der Waals surface area (Å²) in [5.41, 5.74) is 4.01. The van der Waals surface area contributed by atoms with Gasteiger partial charge >= 0.3 is 12.8 Å². The zero-order valence-corrected chi connectivity index (χ0v) is 22.1. The predicted octanol–water partition coefficient (Wildman–Crippen LogP) is 7.90. The van der Waals surface area contributed by atoms with Crippen LogP contribution in [0.1, 0.15) is 28.4 Å². The van der Waals surface area contributed by atoms with Crippen molar-refractivity contribution < 1.29 is 36.2 Å². The van der Waals surface area contributed by atoms with Gasteiger partial charge < -0.3 is 14.3 Å². The van der Waals surface area contributed by atoms with Crippen LogP contribution >= 0.6 is 0 Å². The largest absolute Gasteiger partial charge is 0.440 e. The molecule has 0 fully saturated rings. The second kappa shape index (κ2) is 10.8. The minimum atomic E-state index is -4.64. The predicted molar refractivity (Wildman–Crippen MR) is 142 cm³/mol. The number of ether oxygens (including phenoxy) is 1. The van der Waals surface area contributed by atoms with Gasteiger partial charge in [0.25, 0.3) is 0 Å². The maximum atomic E-state index is 13.5. The van der Waals surface area contributed by atoms with Crippen LogP contribution in [0.4, 0.5) is 22.0 Å². The molecule has 212 valence electrons. The zero-order valence-electron chi connectivity index (χ0n) is 22.1. The van der Waals surface area contributed by atoms with Gasteiger partial charge in [-0.2, -0.15) is 27.1 Å². The van der Waals surface area contributed by atoms with Crippen molar-refractivity contribution in [1.29, 1.82) is 0 Å². The highest BCUT2D eigenvalue weighted by Gasteiger charge is 2.35. The Bertz CT molecular complexity index is 1710. The molecule has 41 heavy (non-hydrogen) atoms. The minimum absolute atomic E-state index is 0.0401. The van der Waals surface area contributed by atoms with Crippen molar-refractivity contribution in [3.63, 3.8) is 0 Å². The Kier molecular flexibility index (Phi) is 7.39. The van der Waals surface area contributed by atoms with E-state index in [0.717, 1.165) is 28.3 Å². The number of halogens is 5. The number of oxazole rings is 1. The minimum Gasteiger partial charge on any atom is -0.440 e. The molecule has 1 N–H and O–H groups in total. The molecule has 5 aromatic rings. The lowest BCUT2D eigenvalue weighted by molar-refractivity contribution is -0.141. The Morgan fingerprint density at radius 2 is 1.56 bits per heavy atom. The van der Waals surface area contributed by atoms with Gasteiger partial charge in [0.2, 0.25) is 0 Å². The maximum Gasteiger partial charge on any atom is 0.435 e. The van der Waals surface area contributed by atoms with E-state index in [2.05, 4.69) is 14.8 Å². The highest BCUT2D eigenvalue weighted by molar-refractivity contribution is 5.85. The van der Waals surface area contributed by atoms with Crippen LogP contribution in [-0.4, -0.2) is 26.5 Å². The molecule has 0 aliphatic heterocycles. The van der Waals surface area contributed by atoms with E-state index in [0.29, 0.717) is 22.5 Å². The highest BCUT2D eigenvalue weighted by Crippen LogP contribution is 2.40. The van der Waals surface area contributed by atoms with Crippen molar-refractivity contribution in [1.82, 2.24) is 14.8 Å². The van der Waals surface area contributed by atoms with Crippen molar-refractivity contribution in [2.75, 3.05) is 0 Å². The molecule has 0 atom stereocenters. The number of aliphatic hydroxyl groups excluding tert-OH is 1. The zero-order chi connectivity index (χ0) is 29.5. The van der Waals surface area contributed by atoms with Crippen molar-refractivity contribution >= 4 is 0 Å². The van der Waals surface area contributed by atoms with E-state index >= 15 is 0 Å². The van der Waals surface area contributed by atoms with Gasteiger partial charge in [0, 0.05) is 23.7 Å². The summed E-state index contributed by atoms with van der Waals surface area (Å²) in [6, 6.07) is 17.5. The van der Waals surface area contributed by atoms with Crippen LogP contribution in [0.3, 0.4) is 0 Å². The lowest BCUT2D eigenvalue weighted by Gasteiger charge is -2.14. The van der Waals surface area contributed by atoms with Crippen molar-refractivity contribution in [2.24, 2.45) is 0 Å². The van der Waals surface area contributed by atoms with Gasteiger partial charge in [-0.1, -0.05) is 24.3 Å². The number of hydrogen-bond donors (Lipinski definition) is 1. The monoisotopic (exact) mass is 569 g/mol. The van der Waals surface area contributed by atoms with Crippen LogP contribution in [0.5, 0.6) is 5.75 Å². The van der Waals surface area contributed by atoms with E-state index in [9.17, 15) is 27.1 Å². The Morgan fingerprint density at radius 1 is 0.902 bits per heavy atom. The smallest absolute Gasteiger partial charge is 0.435 e. The van der Waals surface area contributed by atoms with Gasteiger partial charge in [0.05, 0.1) is 12.3 Å². The summed E-state index contributed by atoms with van der Waals surface area (Å²) >= 11 is 0. The topological polar surface area (TPSA) is 73.3 Å². The van der Waals surface area contributed by atoms with E-state index in [1.807, 2.05) is 19.1 Å². The van der Waals surface area contributed by atoms with Gasteiger partial charge in [-0.25, -0.2) is 9.67 Å². The fourth-order valence-corrected chi connectivity index (χ4v) is 4.59. The summed E-state index contributed by atoms with van der Waals surface area (Å²) < 4.78 is 77.5. The van der Waals surface area contributed by atoms with Crippen LogP contribution in [-0.2, 0) is 12.8 Å². The van der Waals surface area contributed by atoms with E-state index in [1.54, 1.807) is 43.3 Å². The summed E-state index contributed by atoms with van der Waals surface area (Å²) in [6.45, 7) is 1.92. The molecule has 2 heterocycles. The van der Waals surface area contributed by atoms with Crippen LogP contribution in [0, 0.1) is 20.8 Å². The van der Waals surface area contributed by atoms with Gasteiger partial charge in [-0.15, -0.1) is 0 Å². The molecule has 0 radical (unpaired) electrons. The molecule has 0 bridgehead atoms. The molecule has 0 spiro atoms. The number of rotatable bonds is 7. The molecule has 5 rings (SSSR count). The fourth-order valence-electron chi connectivity index (χ4n) is 4.59. The highest BCUT2D eigenvalue weighted by atomic mass is 19.4. The van der Waals surface area contributed by atoms with Crippen LogP contribution in [0.25, 0.3) is 39.4 Å². The average Bonchev–Trinajstić information content (AvgIpc) is 3.51. The molecule has 0 saturated heterocycles. The summed E-state index contributed by atoms with van der Waals surface area (Å²) in [4.78, 5) is 4.50. The van der Waals surface area contributed by atoms with Gasteiger partial charge in [-0.3, -0.25) is 0 Å². The Morgan fingerprint density at radius 3 is 2.17 bits per heavy atom. The fraction of sp³-hybridized carbons (Fsp3) is 0.200. The first-order chi connectivity index (χ1) is 19.4. The number of nitrogens with zero attached hydrogens (tertiary/aromatic N) is 3. The van der Waals surface area contributed by atoms with Crippen molar-refractivity contribution in [2.45, 2.75) is 40.2 Å². The van der Waals surface area contributed by atoms with Crippen LogP contribution < -0.4 is 4.74 Å². The normalized spacial score (nSPS) is 11.9. The quantitative estimate of drug-likeness (QED) is 0.202. The Labute approximate surface area is 231 Å². The van der Waals surface area contributed by atoms with Gasteiger partial charge in [-0.05, 0) is 78.6 Å². The molecule has 2 aromatic heterocycles. The van der Waals surface area contributed by atoms with Gasteiger partial charge in [0.15, 0.2) is 17.3 Å². The lowest BCUT2D eigenvalue weighted by atomic mass is 9.96.